The Morgan fingerprint density at radius 2 is 2.47 bits per heavy atom. The Labute approximate surface area is 94.2 Å². The molecule has 0 amide bonds. The van der Waals surface area contributed by atoms with Gasteiger partial charge in [0.25, 0.3) is 0 Å². The summed E-state index contributed by atoms with van der Waals surface area (Å²) in [5, 5.41) is 12.5. The van der Waals surface area contributed by atoms with Gasteiger partial charge < -0.3 is 15.2 Å². The number of aliphatic hydroxyl groups is 1. The number of pyridine rings is 1. The number of aromatic nitrogens is 1. The van der Waals surface area contributed by atoms with E-state index in [0.717, 1.165) is 0 Å². The predicted octanol–water partition coefficient (Wildman–Crippen LogP) is 1.54. The minimum absolute atomic E-state index is 0.0207. The SMILES string of the molecule is COCC(CCO)Nc1ncccc1Cl. The summed E-state index contributed by atoms with van der Waals surface area (Å²) in [6.45, 7) is 0.610. The fourth-order valence-electron chi connectivity index (χ4n) is 1.24. The molecule has 15 heavy (non-hydrogen) atoms. The van der Waals surface area contributed by atoms with Crippen LogP contribution in [0.4, 0.5) is 5.82 Å². The summed E-state index contributed by atoms with van der Waals surface area (Å²) in [4.78, 5) is 4.10. The second kappa shape index (κ2) is 6.61. The van der Waals surface area contributed by atoms with Crippen LogP contribution in [-0.4, -0.2) is 36.5 Å². The molecule has 5 heteroatoms. The van der Waals surface area contributed by atoms with Crippen LogP contribution in [0.1, 0.15) is 6.42 Å². The van der Waals surface area contributed by atoms with E-state index in [1.165, 1.54) is 0 Å². The standard InChI is InChI=1S/C10H15ClN2O2/c1-15-7-8(4-6-14)13-10-9(11)3-2-5-12-10/h2-3,5,8,14H,4,6-7H2,1H3,(H,12,13). The van der Waals surface area contributed by atoms with E-state index >= 15 is 0 Å². The monoisotopic (exact) mass is 230 g/mol. The molecule has 1 aromatic rings. The smallest absolute Gasteiger partial charge is 0.145 e. The fraction of sp³-hybridized carbons (Fsp3) is 0.500. The molecule has 1 heterocycles. The van der Waals surface area contributed by atoms with Crippen molar-refractivity contribution in [3.63, 3.8) is 0 Å². The highest BCUT2D eigenvalue weighted by Gasteiger charge is 2.09. The van der Waals surface area contributed by atoms with Gasteiger partial charge in [-0.3, -0.25) is 0 Å². The Hall–Kier alpha value is -0.840. The summed E-state index contributed by atoms with van der Waals surface area (Å²) in [6, 6.07) is 3.55. The Balaban J connectivity index is 2.60. The van der Waals surface area contributed by atoms with Crippen LogP contribution >= 0.6 is 11.6 Å². The van der Waals surface area contributed by atoms with Gasteiger partial charge >= 0.3 is 0 Å². The average Bonchev–Trinajstić information content (AvgIpc) is 2.22. The molecule has 4 nitrogen and oxygen atoms in total. The van der Waals surface area contributed by atoms with Crippen molar-refractivity contribution in [2.45, 2.75) is 12.5 Å². The van der Waals surface area contributed by atoms with Crippen LogP contribution in [0.2, 0.25) is 5.02 Å². The Kier molecular flexibility index (Phi) is 5.39. The van der Waals surface area contributed by atoms with Crippen LogP contribution < -0.4 is 5.32 Å². The van der Waals surface area contributed by atoms with Crippen molar-refractivity contribution >= 4 is 17.4 Å². The largest absolute Gasteiger partial charge is 0.396 e. The molecule has 1 rings (SSSR count). The lowest BCUT2D eigenvalue weighted by Crippen LogP contribution is -2.26. The number of anilines is 1. The number of ether oxygens (including phenoxy) is 1. The third kappa shape index (κ3) is 4.03. The number of halogens is 1. The summed E-state index contributed by atoms with van der Waals surface area (Å²) in [6.07, 6.45) is 2.26. The molecule has 0 aliphatic heterocycles. The molecule has 0 bridgehead atoms. The topological polar surface area (TPSA) is 54.4 Å². The summed E-state index contributed by atoms with van der Waals surface area (Å²) < 4.78 is 5.02. The van der Waals surface area contributed by atoms with Crippen molar-refractivity contribution in [2.24, 2.45) is 0 Å². The van der Waals surface area contributed by atoms with Gasteiger partial charge in [-0.25, -0.2) is 4.98 Å². The molecular weight excluding hydrogens is 216 g/mol. The predicted molar refractivity (Wildman–Crippen MR) is 60.2 cm³/mol. The molecule has 2 N–H and O–H groups in total. The number of hydrogen-bond donors (Lipinski definition) is 2. The van der Waals surface area contributed by atoms with Crippen molar-refractivity contribution in [2.75, 3.05) is 25.6 Å². The van der Waals surface area contributed by atoms with Gasteiger partial charge in [0.15, 0.2) is 0 Å². The number of hydrogen-bond acceptors (Lipinski definition) is 4. The molecule has 0 saturated heterocycles. The minimum Gasteiger partial charge on any atom is -0.396 e. The molecule has 0 aliphatic rings. The lowest BCUT2D eigenvalue weighted by atomic mass is 10.2. The number of aliphatic hydroxyl groups excluding tert-OH is 1. The maximum absolute atomic E-state index is 8.86. The van der Waals surface area contributed by atoms with E-state index in [-0.39, 0.29) is 12.6 Å². The summed E-state index contributed by atoms with van der Waals surface area (Å²) in [5.41, 5.74) is 0. The van der Waals surface area contributed by atoms with E-state index in [4.69, 9.17) is 21.4 Å². The Morgan fingerprint density at radius 3 is 3.07 bits per heavy atom. The maximum atomic E-state index is 8.86. The van der Waals surface area contributed by atoms with E-state index in [1.54, 1.807) is 25.4 Å². The number of rotatable bonds is 6. The van der Waals surface area contributed by atoms with Crippen LogP contribution in [0, 0.1) is 0 Å². The highest BCUT2D eigenvalue weighted by Crippen LogP contribution is 2.18. The Morgan fingerprint density at radius 1 is 1.67 bits per heavy atom. The average molecular weight is 231 g/mol. The van der Waals surface area contributed by atoms with Gasteiger partial charge in [-0.1, -0.05) is 11.6 Å². The van der Waals surface area contributed by atoms with Crippen molar-refractivity contribution in [1.29, 1.82) is 0 Å². The van der Waals surface area contributed by atoms with Gasteiger partial charge in [0.1, 0.15) is 5.82 Å². The molecule has 0 spiro atoms. The van der Waals surface area contributed by atoms with Crippen LogP contribution in [0.5, 0.6) is 0 Å². The first-order valence-electron chi connectivity index (χ1n) is 4.74. The molecule has 1 aromatic heterocycles. The van der Waals surface area contributed by atoms with Gasteiger partial charge in [-0.2, -0.15) is 0 Å². The van der Waals surface area contributed by atoms with E-state index in [2.05, 4.69) is 10.3 Å². The number of nitrogens with one attached hydrogen (secondary N) is 1. The van der Waals surface area contributed by atoms with Gasteiger partial charge in [0, 0.05) is 19.9 Å². The van der Waals surface area contributed by atoms with E-state index in [1.807, 2.05) is 0 Å². The quantitative estimate of drug-likeness (QED) is 0.779. The number of nitrogens with zero attached hydrogens (tertiary/aromatic N) is 1. The highest BCUT2D eigenvalue weighted by atomic mass is 35.5. The molecule has 1 atom stereocenters. The molecule has 0 aliphatic carbocycles. The molecule has 0 saturated carbocycles. The zero-order valence-corrected chi connectivity index (χ0v) is 9.37. The van der Waals surface area contributed by atoms with Crippen LogP contribution in [0.25, 0.3) is 0 Å². The molecule has 0 radical (unpaired) electrons. The third-order valence-corrected chi connectivity index (χ3v) is 2.25. The van der Waals surface area contributed by atoms with Gasteiger partial charge in [0.05, 0.1) is 17.7 Å². The van der Waals surface area contributed by atoms with Crippen molar-refractivity contribution in [1.82, 2.24) is 4.98 Å². The van der Waals surface area contributed by atoms with Crippen molar-refractivity contribution in [3.8, 4) is 0 Å². The second-order valence-corrected chi connectivity index (χ2v) is 3.55. The highest BCUT2D eigenvalue weighted by molar-refractivity contribution is 6.32. The van der Waals surface area contributed by atoms with E-state index in [9.17, 15) is 0 Å². The minimum atomic E-state index is 0.0207. The first-order chi connectivity index (χ1) is 7.27. The molecular formula is C10H15ClN2O2. The van der Waals surface area contributed by atoms with E-state index in [0.29, 0.717) is 23.9 Å². The van der Waals surface area contributed by atoms with Crippen LogP contribution in [0.15, 0.2) is 18.3 Å². The van der Waals surface area contributed by atoms with Crippen molar-refractivity contribution in [3.05, 3.63) is 23.4 Å². The normalized spacial score (nSPS) is 12.5. The lowest BCUT2D eigenvalue weighted by Gasteiger charge is -2.17. The second-order valence-electron chi connectivity index (χ2n) is 3.14. The molecule has 0 fully saturated rings. The van der Waals surface area contributed by atoms with Crippen molar-refractivity contribution < 1.29 is 9.84 Å². The zero-order valence-electron chi connectivity index (χ0n) is 8.61. The first-order valence-corrected chi connectivity index (χ1v) is 5.12. The maximum Gasteiger partial charge on any atom is 0.145 e. The molecule has 0 aromatic carbocycles. The Bertz CT molecular complexity index is 291. The number of methoxy groups -OCH3 is 1. The fourth-order valence-corrected chi connectivity index (χ4v) is 1.42. The van der Waals surface area contributed by atoms with E-state index < -0.39 is 0 Å². The first kappa shape index (κ1) is 12.2. The van der Waals surface area contributed by atoms with Gasteiger partial charge in [-0.05, 0) is 18.6 Å². The van der Waals surface area contributed by atoms with Crippen LogP contribution in [-0.2, 0) is 4.74 Å². The van der Waals surface area contributed by atoms with Crippen LogP contribution in [0.3, 0.4) is 0 Å². The lowest BCUT2D eigenvalue weighted by molar-refractivity contribution is 0.170. The molecule has 84 valence electrons. The summed E-state index contributed by atoms with van der Waals surface area (Å²) in [5.74, 6) is 0.620. The molecule has 1 unspecified atom stereocenters. The summed E-state index contributed by atoms with van der Waals surface area (Å²) >= 11 is 5.94. The van der Waals surface area contributed by atoms with Gasteiger partial charge in [0.2, 0.25) is 0 Å². The zero-order chi connectivity index (χ0) is 11.1. The summed E-state index contributed by atoms with van der Waals surface area (Å²) in [7, 11) is 1.62. The third-order valence-electron chi connectivity index (χ3n) is 1.94. The van der Waals surface area contributed by atoms with Gasteiger partial charge in [-0.15, -0.1) is 0 Å².